The van der Waals surface area contributed by atoms with Gasteiger partial charge in [0.2, 0.25) is 5.95 Å². The van der Waals surface area contributed by atoms with E-state index in [1.165, 1.54) is 0 Å². The Morgan fingerprint density at radius 3 is 2.95 bits per heavy atom. The molecule has 0 radical (unpaired) electrons. The lowest BCUT2D eigenvalue weighted by Gasteiger charge is -2.19. The number of nitrogens with zero attached hydrogens (tertiary/aromatic N) is 2. The number of benzene rings is 1. The van der Waals surface area contributed by atoms with Gasteiger partial charge < -0.3 is 10.1 Å². The number of ether oxygens (including phenoxy) is 1. The molecule has 1 aromatic heterocycles. The van der Waals surface area contributed by atoms with Crippen LogP contribution in [0, 0.1) is 0 Å². The molecule has 1 aliphatic rings. The zero-order chi connectivity index (χ0) is 13.1. The summed E-state index contributed by atoms with van der Waals surface area (Å²) in [6.07, 6.45) is 2.01. The zero-order valence-electron chi connectivity index (χ0n) is 10.4. The standard InChI is InChI=1S/C13H15BrN4O/c14-10-2-1-3-11(8-10)15-13-16-12(17-18-13)9-4-6-19-7-5-9/h1-3,8-9H,4-7H2,(H2,15,16,17,18). The maximum absolute atomic E-state index is 5.35. The van der Waals surface area contributed by atoms with Gasteiger partial charge in [-0.1, -0.05) is 22.0 Å². The summed E-state index contributed by atoms with van der Waals surface area (Å²) in [5, 5.41) is 10.4. The molecular formula is C13H15BrN4O. The van der Waals surface area contributed by atoms with Crippen molar-refractivity contribution in [3.8, 4) is 0 Å². The molecule has 100 valence electrons. The van der Waals surface area contributed by atoms with Gasteiger partial charge in [0.05, 0.1) is 0 Å². The summed E-state index contributed by atoms with van der Waals surface area (Å²) in [4.78, 5) is 4.51. The Kier molecular flexibility index (Phi) is 3.79. The van der Waals surface area contributed by atoms with Gasteiger partial charge in [0.1, 0.15) is 5.82 Å². The predicted octanol–water partition coefficient (Wildman–Crippen LogP) is 3.20. The van der Waals surface area contributed by atoms with Crippen LogP contribution in [-0.2, 0) is 4.74 Å². The van der Waals surface area contributed by atoms with Crippen molar-refractivity contribution in [2.45, 2.75) is 18.8 Å². The van der Waals surface area contributed by atoms with E-state index in [-0.39, 0.29) is 0 Å². The van der Waals surface area contributed by atoms with Crippen LogP contribution < -0.4 is 5.32 Å². The molecule has 6 heteroatoms. The third kappa shape index (κ3) is 3.13. The highest BCUT2D eigenvalue weighted by molar-refractivity contribution is 9.10. The number of aromatic nitrogens is 3. The molecular weight excluding hydrogens is 308 g/mol. The van der Waals surface area contributed by atoms with Crippen LogP contribution in [0.1, 0.15) is 24.6 Å². The summed E-state index contributed by atoms with van der Waals surface area (Å²) in [5.74, 6) is 1.99. The van der Waals surface area contributed by atoms with Crippen LogP contribution in [0.25, 0.3) is 0 Å². The van der Waals surface area contributed by atoms with Crippen molar-refractivity contribution in [2.75, 3.05) is 18.5 Å². The maximum atomic E-state index is 5.35. The number of halogens is 1. The van der Waals surface area contributed by atoms with Crippen molar-refractivity contribution in [1.29, 1.82) is 0 Å². The lowest BCUT2D eigenvalue weighted by atomic mass is 10.00. The summed E-state index contributed by atoms with van der Waals surface area (Å²) in [7, 11) is 0. The van der Waals surface area contributed by atoms with Crippen LogP contribution in [0.2, 0.25) is 0 Å². The SMILES string of the molecule is Brc1cccc(Nc2n[nH]c(C3CCOCC3)n2)c1. The average Bonchev–Trinajstić information content (AvgIpc) is 2.88. The molecule has 0 bridgehead atoms. The molecule has 19 heavy (non-hydrogen) atoms. The first-order valence-corrected chi connectivity index (χ1v) is 7.13. The lowest BCUT2D eigenvalue weighted by molar-refractivity contribution is 0.0836. The van der Waals surface area contributed by atoms with Crippen LogP contribution in [0.3, 0.4) is 0 Å². The van der Waals surface area contributed by atoms with Crippen molar-refractivity contribution in [2.24, 2.45) is 0 Å². The lowest BCUT2D eigenvalue weighted by Crippen LogP contribution is -2.15. The summed E-state index contributed by atoms with van der Waals surface area (Å²) < 4.78 is 6.38. The highest BCUT2D eigenvalue weighted by Gasteiger charge is 2.19. The van der Waals surface area contributed by atoms with Crippen LogP contribution >= 0.6 is 15.9 Å². The fraction of sp³-hybridized carbons (Fsp3) is 0.385. The second-order valence-corrected chi connectivity index (χ2v) is 5.48. The van der Waals surface area contributed by atoms with E-state index in [0.29, 0.717) is 11.9 Å². The molecule has 1 fully saturated rings. The Hall–Kier alpha value is -1.40. The first-order chi connectivity index (χ1) is 9.31. The normalized spacial score (nSPS) is 16.5. The third-order valence-corrected chi connectivity index (χ3v) is 3.68. The van der Waals surface area contributed by atoms with Crippen LogP contribution in [0.4, 0.5) is 11.6 Å². The second-order valence-electron chi connectivity index (χ2n) is 4.57. The van der Waals surface area contributed by atoms with E-state index in [1.807, 2.05) is 24.3 Å². The van der Waals surface area contributed by atoms with Gasteiger partial charge in [-0.05, 0) is 31.0 Å². The molecule has 0 amide bonds. The number of nitrogens with one attached hydrogen (secondary N) is 2. The van der Waals surface area contributed by atoms with E-state index in [9.17, 15) is 0 Å². The molecule has 1 aromatic carbocycles. The molecule has 0 aliphatic carbocycles. The monoisotopic (exact) mass is 322 g/mol. The maximum Gasteiger partial charge on any atom is 0.246 e. The van der Waals surface area contributed by atoms with Crippen molar-refractivity contribution < 1.29 is 4.74 Å². The van der Waals surface area contributed by atoms with E-state index >= 15 is 0 Å². The molecule has 0 spiro atoms. The van der Waals surface area contributed by atoms with E-state index in [4.69, 9.17) is 4.74 Å². The molecule has 0 atom stereocenters. The molecule has 2 aromatic rings. The van der Waals surface area contributed by atoms with Crippen molar-refractivity contribution >= 4 is 27.6 Å². The largest absolute Gasteiger partial charge is 0.381 e. The number of aromatic amines is 1. The summed E-state index contributed by atoms with van der Waals surface area (Å²) in [5.41, 5.74) is 0.965. The first-order valence-electron chi connectivity index (χ1n) is 6.34. The van der Waals surface area contributed by atoms with Crippen LogP contribution in [0.15, 0.2) is 28.7 Å². The quantitative estimate of drug-likeness (QED) is 0.910. The molecule has 2 N–H and O–H groups in total. The third-order valence-electron chi connectivity index (χ3n) is 3.19. The minimum Gasteiger partial charge on any atom is -0.381 e. The van der Waals surface area contributed by atoms with Crippen LogP contribution in [-0.4, -0.2) is 28.4 Å². The van der Waals surface area contributed by atoms with Crippen molar-refractivity contribution in [3.63, 3.8) is 0 Å². The molecule has 1 saturated heterocycles. The number of hydrogen-bond acceptors (Lipinski definition) is 4. The van der Waals surface area contributed by atoms with E-state index in [0.717, 1.165) is 42.0 Å². The van der Waals surface area contributed by atoms with E-state index < -0.39 is 0 Å². The Balaban J connectivity index is 1.70. The fourth-order valence-electron chi connectivity index (χ4n) is 2.18. The minimum atomic E-state index is 0.430. The Morgan fingerprint density at radius 1 is 1.32 bits per heavy atom. The van der Waals surface area contributed by atoms with Gasteiger partial charge in [0, 0.05) is 29.3 Å². The summed E-state index contributed by atoms with van der Waals surface area (Å²) in [6, 6.07) is 7.93. The van der Waals surface area contributed by atoms with Gasteiger partial charge in [-0.15, -0.1) is 5.10 Å². The number of rotatable bonds is 3. The van der Waals surface area contributed by atoms with Crippen molar-refractivity contribution in [1.82, 2.24) is 15.2 Å². The van der Waals surface area contributed by atoms with Gasteiger partial charge in [0.15, 0.2) is 0 Å². The van der Waals surface area contributed by atoms with Gasteiger partial charge in [-0.2, -0.15) is 4.98 Å². The fourth-order valence-corrected chi connectivity index (χ4v) is 2.58. The Morgan fingerprint density at radius 2 is 2.16 bits per heavy atom. The minimum absolute atomic E-state index is 0.430. The average molecular weight is 323 g/mol. The van der Waals surface area contributed by atoms with E-state index in [2.05, 4.69) is 36.4 Å². The second kappa shape index (κ2) is 5.71. The first kappa shape index (κ1) is 12.6. The van der Waals surface area contributed by atoms with Crippen molar-refractivity contribution in [3.05, 3.63) is 34.6 Å². The highest BCUT2D eigenvalue weighted by atomic mass is 79.9. The zero-order valence-corrected chi connectivity index (χ0v) is 12.0. The number of anilines is 2. The van der Waals surface area contributed by atoms with Crippen LogP contribution in [0.5, 0.6) is 0 Å². The molecule has 1 aliphatic heterocycles. The molecule has 0 saturated carbocycles. The van der Waals surface area contributed by atoms with Gasteiger partial charge >= 0.3 is 0 Å². The smallest absolute Gasteiger partial charge is 0.246 e. The number of H-pyrrole nitrogens is 1. The molecule has 2 heterocycles. The molecule has 0 unspecified atom stereocenters. The summed E-state index contributed by atoms with van der Waals surface area (Å²) in [6.45, 7) is 1.61. The Labute approximate surface area is 119 Å². The topological polar surface area (TPSA) is 62.8 Å². The summed E-state index contributed by atoms with van der Waals surface area (Å²) >= 11 is 3.44. The predicted molar refractivity (Wildman–Crippen MR) is 76.6 cm³/mol. The highest BCUT2D eigenvalue weighted by Crippen LogP contribution is 2.25. The Bertz CT molecular complexity index is 551. The number of hydrogen-bond donors (Lipinski definition) is 2. The van der Waals surface area contributed by atoms with E-state index in [1.54, 1.807) is 0 Å². The van der Waals surface area contributed by atoms with Gasteiger partial charge in [0.25, 0.3) is 0 Å². The van der Waals surface area contributed by atoms with Gasteiger partial charge in [-0.25, -0.2) is 0 Å². The van der Waals surface area contributed by atoms with Gasteiger partial charge in [-0.3, -0.25) is 5.10 Å². The molecule has 5 nitrogen and oxygen atoms in total. The molecule has 3 rings (SSSR count).